The lowest BCUT2D eigenvalue weighted by Crippen LogP contribution is -2.37. The normalized spacial score (nSPS) is 18.5. The zero-order valence-corrected chi connectivity index (χ0v) is 12.4. The molecule has 0 unspecified atom stereocenters. The van der Waals surface area contributed by atoms with Gasteiger partial charge in [-0.15, -0.1) is 0 Å². The first-order chi connectivity index (χ1) is 10.5. The van der Waals surface area contributed by atoms with E-state index in [1.807, 2.05) is 13.8 Å². The fraction of sp³-hybridized carbons (Fsp3) is 0.400. The van der Waals surface area contributed by atoms with Crippen LogP contribution in [0.3, 0.4) is 0 Å². The van der Waals surface area contributed by atoms with Crippen LogP contribution in [-0.2, 0) is 9.59 Å². The molecular weight excluding hydrogens is 287 g/mol. The van der Waals surface area contributed by atoms with E-state index in [0.717, 1.165) is 0 Å². The van der Waals surface area contributed by atoms with E-state index in [0.29, 0.717) is 5.52 Å². The Hall–Kier alpha value is -2.44. The molecule has 2 N–H and O–H groups in total. The summed E-state index contributed by atoms with van der Waals surface area (Å²) in [6.45, 7) is 3.94. The largest absolute Gasteiger partial charge is 0.354 e. The Kier molecular flexibility index (Phi) is 3.56. The predicted octanol–water partition coefficient (Wildman–Crippen LogP) is 1.58. The summed E-state index contributed by atoms with van der Waals surface area (Å²) in [7, 11) is 0. The summed E-state index contributed by atoms with van der Waals surface area (Å²) < 4.78 is 14.0. The Morgan fingerprint density at radius 3 is 3.00 bits per heavy atom. The number of H-pyrrole nitrogens is 1. The van der Waals surface area contributed by atoms with Crippen molar-refractivity contribution < 1.29 is 14.0 Å². The number of carbonyl (C=O) groups excluding carboxylic acids is 2. The second-order valence-electron chi connectivity index (χ2n) is 5.78. The van der Waals surface area contributed by atoms with Gasteiger partial charge in [0, 0.05) is 19.0 Å². The second-order valence-corrected chi connectivity index (χ2v) is 5.78. The predicted molar refractivity (Wildman–Crippen MR) is 79.8 cm³/mol. The Morgan fingerprint density at radius 1 is 1.50 bits per heavy atom. The molecule has 0 saturated carbocycles. The third-order valence-corrected chi connectivity index (χ3v) is 3.70. The van der Waals surface area contributed by atoms with Gasteiger partial charge in [0.25, 0.3) is 0 Å². The quantitative estimate of drug-likeness (QED) is 0.903. The maximum absolute atomic E-state index is 14.0. The van der Waals surface area contributed by atoms with Crippen molar-refractivity contribution in [3.63, 3.8) is 0 Å². The Labute approximate surface area is 126 Å². The number of hydrogen-bond acceptors (Lipinski definition) is 3. The molecule has 2 amide bonds. The first kappa shape index (κ1) is 14.5. The summed E-state index contributed by atoms with van der Waals surface area (Å²) in [6, 6.07) is 4.61. The molecule has 1 aliphatic heterocycles. The Balaban J connectivity index is 1.89. The summed E-state index contributed by atoms with van der Waals surface area (Å²) in [4.78, 5) is 25.6. The van der Waals surface area contributed by atoms with Gasteiger partial charge in [0.1, 0.15) is 5.82 Å². The van der Waals surface area contributed by atoms with Gasteiger partial charge in [-0.3, -0.25) is 19.6 Å². The molecule has 7 heteroatoms. The second kappa shape index (κ2) is 5.40. The number of rotatable bonds is 3. The molecule has 0 spiro atoms. The molecule has 1 fully saturated rings. The van der Waals surface area contributed by atoms with Crippen LogP contribution in [0.25, 0.3) is 10.9 Å². The van der Waals surface area contributed by atoms with Crippen LogP contribution in [0.15, 0.2) is 18.2 Å². The molecular formula is C15H17FN4O2. The number of fused-ring (bicyclic) bond motifs is 1. The molecule has 2 heterocycles. The summed E-state index contributed by atoms with van der Waals surface area (Å²) in [5.74, 6) is -1.01. The van der Waals surface area contributed by atoms with Gasteiger partial charge in [0.15, 0.2) is 5.82 Å². The Morgan fingerprint density at radius 2 is 2.27 bits per heavy atom. The highest BCUT2D eigenvalue weighted by molar-refractivity contribution is 6.05. The number of nitrogens with zero attached hydrogens (tertiary/aromatic N) is 2. The van der Waals surface area contributed by atoms with E-state index in [-0.39, 0.29) is 42.0 Å². The summed E-state index contributed by atoms with van der Waals surface area (Å²) in [6.07, 6.45) is 0.112. The molecule has 1 aliphatic rings. The summed E-state index contributed by atoms with van der Waals surface area (Å²) in [5, 5.41) is 9.85. The fourth-order valence-electron chi connectivity index (χ4n) is 2.70. The molecule has 0 aliphatic carbocycles. The lowest BCUT2D eigenvalue weighted by Gasteiger charge is -2.15. The fourth-order valence-corrected chi connectivity index (χ4v) is 2.70. The van der Waals surface area contributed by atoms with E-state index in [1.54, 1.807) is 12.1 Å². The number of aromatic nitrogens is 2. The van der Waals surface area contributed by atoms with Crippen molar-refractivity contribution in [3.8, 4) is 0 Å². The van der Waals surface area contributed by atoms with Gasteiger partial charge < -0.3 is 5.32 Å². The maximum atomic E-state index is 14.0. The van der Waals surface area contributed by atoms with Crippen LogP contribution >= 0.6 is 0 Å². The highest BCUT2D eigenvalue weighted by Crippen LogP contribution is 2.31. The average Bonchev–Trinajstić information content (AvgIpc) is 3.02. The molecule has 0 radical (unpaired) electrons. The van der Waals surface area contributed by atoms with Crippen LogP contribution in [0.4, 0.5) is 10.2 Å². The van der Waals surface area contributed by atoms with E-state index in [9.17, 15) is 14.0 Å². The molecule has 1 aromatic carbocycles. The van der Waals surface area contributed by atoms with Crippen LogP contribution in [0.2, 0.25) is 0 Å². The minimum Gasteiger partial charge on any atom is -0.354 e. The average molecular weight is 304 g/mol. The first-order valence-electron chi connectivity index (χ1n) is 7.20. The van der Waals surface area contributed by atoms with Crippen LogP contribution in [0.1, 0.15) is 20.3 Å². The van der Waals surface area contributed by atoms with Crippen molar-refractivity contribution in [3.05, 3.63) is 24.0 Å². The van der Waals surface area contributed by atoms with Crippen molar-refractivity contribution in [1.29, 1.82) is 0 Å². The smallest absolute Gasteiger partial charge is 0.229 e. The van der Waals surface area contributed by atoms with Gasteiger partial charge in [-0.25, -0.2) is 4.39 Å². The zero-order valence-electron chi connectivity index (χ0n) is 12.4. The highest BCUT2D eigenvalue weighted by atomic mass is 19.1. The lowest BCUT2D eigenvalue weighted by atomic mass is 10.1. The molecule has 0 bridgehead atoms. The van der Waals surface area contributed by atoms with Crippen LogP contribution in [0, 0.1) is 11.7 Å². The molecule has 116 valence electrons. The number of benzene rings is 1. The van der Waals surface area contributed by atoms with Crippen molar-refractivity contribution in [2.24, 2.45) is 5.92 Å². The van der Waals surface area contributed by atoms with Gasteiger partial charge in [0.05, 0.1) is 16.8 Å². The summed E-state index contributed by atoms with van der Waals surface area (Å²) >= 11 is 0. The minimum atomic E-state index is -0.441. The number of aromatic amines is 1. The van der Waals surface area contributed by atoms with Gasteiger partial charge in [0.2, 0.25) is 11.8 Å². The van der Waals surface area contributed by atoms with E-state index in [4.69, 9.17) is 0 Å². The van der Waals surface area contributed by atoms with Crippen molar-refractivity contribution in [1.82, 2.24) is 15.5 Å². The van der Waals surface area contributed by atoms with E-state index < -0.39 is 11.7 Å². The Bertz CT molecular complexity index is 740. The van der Waals surface area contributed by atoms with E-state index in [1.165, 1.54) is 11.0 Å². The SMILES string of the molecule is CC(C)NC(=O)[C@@H]1CC(=O)N(c2n[nH]c3cccc(F)c23)C1. The van der Waals surface area contributed by atoms with Crippen molar-refractivity contribution in [2.75, 3.05) is 11.4 Å². The van der Waals surface area contributed by atoms with Crippen molar-refractivity contribution >= 4 is 28.5 Å². The van der Waals surface area contributed by atoms with Gasteiger partial charge in [-0.05, 0) is 26.0 Å². The van der Waals surface area contributed by atoms with E-state index in [2.05, 4.69) is 15.5 Å². The summed E-state index contributed by atoms with van der Waals surface area (Å²) in [5.41, 5.74) is 0.526. The standard InChI is InChI=1S/C15H17FN4O2/c1-8(2)17-15(22)9-6-12(21)20(7-9)14-13-10(16)4-3-5-11(13)18-19-14/h3-5,8-9H,6-7H2,1-2H3,(H,17,22)(H,18,19)/t9-/m1/s1. The van der Waals surface area contributed by atoms with Crippen LogP contribution < -0.4 is 10.2 Å². The van der Waals surface area contributed by atoms with Crippen LogP contribution in [0.5, 0.6) is 0 Å². The van der Waals surface area contributed by atoms with Crippen LogP contribution in [-0.4, -0.2) is 34.6 Å². The molecule has 22 heavy (non-hydrogen) atoms. The molecule has 3 rings (SSSR count). The number of hydrogen-bond donors (Lipinski definition) is 2. The molecule has 1 atom stereocenters. The monoisotopic (exact) mass is 304 g/mol. The van der Waals surface area contributed by atoms with Gasteiger partial charge in [-0.1, -0.05) is 6.07 Å². The minimum absolute atomic E-state index is 0.0142. The third-order valence-electron chi connectivity index (χ3n) is 3.70. The zero-order chi connectivity index (χ0) is 15.9. The first-order valence-corrected chi connectivity index (χ1v) is 7.20. The van der Waals surface area contributed by atoms with Gasteiger partial charge >= 0.3 is 0 Å². The lowest BCUT2D eigenvalue weighted by molar-refractivity contribution is -0.126. The number of anilines is 1. The molecule has 2 aromatic rings. The molecule has 6 nitrogen and oxygen atoms in total. The maximum Gasteiger partial charge on any atom is 0.229 e. The van der Waals surface area contributed by atoms with E-state index >= 15 is 0 Å². The third kappa shape index (κ3) is 2.43. The topological polar surface area (TPSA) is 78.1 Å². The number of carbonyl (C=O) groups is 2. The molecule has 1 aromatic heterocycles. The number of halogens is 1. The van der Waals surface area contributed by atoms with Gasteiger partial charge in [-0.2, -0.15) is 5.10 Å². The number of nitrogens with one attached hydrogen (secondary N) is 2. The molecule has 1 saturated heterocycles. The van der Waals surface area contributed by atoms with Crippen molar-refractivity contribution in [2.45, 2.75) is 26.3 Å². The number of amides is 2. The highest BCUT2D eigenvalue weighted by Gasteiger charge is 2.37.